The Morgan fingerprint density at radius 1 is 1.05 bits per heavy atom. The maximum absolute atomic E-state index is 10.8. The molecule has 3 nitrogen and oxygen atoms in total. The lowest BCUT2D eigenvalue weighted by Gasteiger charge is -2.52. The van der Waals surface area contributed by atoms with Crippen LogP contribution < -0.4 is 0 Å². The van der Waals surface area contributed by atoms with E-state index in [-0.39, 0.29) is 24.9 Å². The number of aliphatic hydroxyl groups is 1. The first-order valence-corrected chi connectivity index (χ1v) is 8.62. The second kappa shape index (κ2) is 7.81. The zero-order valence-electron chi connectivity index (χ0n) is 14.1. The van der Waals surface area contributed by atoms with Gasteiger partial charge in [0, 0.05) is 0 Å². The molecule has 0 heterocycles. The van der Waals surface area contributed by atoms with Crippen LogP contribution in [0, 0.1) is 29.1 Å². The summed E-state index contributed by atoms with van der Waals surface area (Å²) >= 11 is 0. The quantitative estimate of drug-likeness (QED) is 0.767. The van der Waals surface area contributed by atoms with Gasteiger partial charge in [-0.3, -0.25) is 4.79 Å². The molecule has 3 heteroatoms. The molecule has 0 atom stereocenters. The Morgan fingerprint density at radius 3 is 1.86 bits per heavy atom. The van der Waals surface area contributed by atoms with Gasteiger partial charge in [0.15, 0.2) is 0 Å². The van der Waals surface area contributed by atoms with Gasteiger partial charge in [0.1, 0.15) is 0 Å². The molecule has 0 aromatic rings. The van der Waals surface area contributed by atoms with Crippen LogP contribution in [0.3, 0.4) is 0 Å². The van der Waals surface area contributed by atoms with E-state index < -0.39 is 0 Å². The molecule has 22 heavy (non-hydrogen) atoms. The molecule has 1 N–H and O–H groups in total. The normalized spacial score (nSPS) is 35.2. The SMILES string of the molecule is C.CCOC(=O)CC(C)(C)C.OC1C2CC3CC(C2)CC1C3. The Balaban J connectivity index is 0.000000212. The summed E-state index contributed by atoms with van der Waals surface area (Å²) in [7, 11) is 0. The largest absolute Gasteiger partial charge is 0.466 e. The number of ether oxygens (including phenoxy) is 1. The van der Waals surface area contributed by atoms with Gasteiger partial charge in [-0.25, -0.2) is 0 Å². The Hall–Kier alpha value is -0.570. The van der Waals surface area contributed by atoms with Gasteiger partial charge >= 0.3 is 5.97 Å². The van der Waals surface area contributed by atoms with Gasteiger partial charge in [-0.15, -0.1) is 0 Å². The van der Waals surface area contributed by atoms with E-state index in [1.165, 1.54) is 32.1 Å². The van der Waals surface area contributed by atoms with Crippen molar-refractivity contribution in [1.29, 1.82) is 0 Å². The standard InChI is InChI=1S/C10H16O.C8H16O2.CH4/c11-10-8-2-6-1-7(4-8)5-9(10)3-6;1-5-10-7(9)6-8(2,3)4;/h6-11H,1-5H2;5-6H2,1-4H3;1H4. The van der Waals surface area contributed by atoms with Crippen molar-refractivity contribution in [3.8, 4) is 0 Å². The molecule has 0 spiro atoms. The van der Waals surface area contributed by atoms with E-state index in [0.29, 0.717) is 24.9 Å². The van der Waals surface area contributed by atoms with Crippen molar-refractivity contribution in [3.63, 3.8) is 0 Å². The van der Waals surface area contributed by atoms with Gasteiger partial charge in [0.05, 0.1) is 19.1 Å². The second-order valence-electron chi connectivity index (χ2n) is 8.46. The number of carbonyl (C=O) groups excluding carboxylic acids is 1. The number of hydrogen-bond acceptors (Lipinski definition) is 3. The number of hydrogen-bond donors (Lipinski definition) is 1. The summed E-state index contributed by atoms with van der Waals surface area (Å²) in [6.45, 7) is 8.35. The van der Waals surface area contributed by atoms with Crippen LogP contribution in [0.2, 0.25) is 0 Å². The molecule has 0 saturated heterocycles. The number of rotatable bonds is 2. The fourth-order valence-corrected chi connectivity index (χ4v) is 4.54. The van der Waals surface area contributed by atoms with E-state index in [9.17, 15) is 9.90 Å². The third-order valence-corrected chi connectivity index (χ3v) is 5.16. The van der Waals surface area contributed by atoms with Crippen molar-refractivity contribution in [2.24, 2.45) is 29.1 Å². The number of carbonyl (C=O) groups is 1. The van der Waals surface area contributed by atoms with Crippen LogP contribution in [0.5, 0.6) is 0 Å². The first kappa shape index (κ1) is 19.5. The molecule has 130 valence electrons. The Kier molecular flexibility index (Phi) is 6.91. The average Bonchev–Trinajstić information content (AvgIpc) is 2.33. The van der Waals surface area contributed by atoms with Crippen LogP contribution in [0.1, 0.15) is 73.6 Å². The molecular formula is C19H36O3. The summed E-state index contributed by atoms with van der Waals surface area (Å²) < 4.78 is 4.78. The van der Waals surface area contributed by atoms with Crippen LogP contribution >= 0.6 is 0 Å². The fraction of sp³-hybridized carbons (Fsp3) is 0.947. The van der Waals surface area contributed by atoms with Gasteiger partial charge in [0.25, 0.3) is 0 Å². The van der Waals surface area contributed by atoms with Crippen LogP contribution in [0.25, 0.3) is 0 Å². The summed E-state index contributed by atoms with van der Waals surface area (Å²) in [6, 6.07) is 0. The molecule has 0 aromatic carbocycles. The predicted octanol–water partition coefficient (Wildman–Crippen LogP) is 4.43. The van der Waals surface area contributed by atoms with Gasteiger partial charge in [-0.2, -0.15) is 0 Å². The maximum Gasteiger partial charge on any atom is 0.306 e. The molecule has 4 fully saturated rings. The van der Waals surface area contributed by atoms with E-state index in [4.69, 9.17) is 4.74 Å². The lowest BCUT2D eigenvalue weighted by atomic mass is 9.55. The van der Waals surface area contributed by atoms with Crippen molar-refractivity contribution in [3.05, 3.63) is 0 Å². The van der Waals surface area contributed by atoms with Crippen molar-refractivity contribution < 1.29 is 14.6 Å². The van der Waals surface area contributed by atoms with Crippen molar-refractivity contribution in [1.82, 2.24) is 0 Å². The molecule has 0 amide bonds. The number of esters is 1. The smallest absolute Gasteiger partial charge is 0.306 e. The van der Waals surface area contributed by atoms with Crippen LogP contribution in [0.4, 0.5) is 0 Å². The Labute approximate surface area is 136 Å². The lowest BCUT2D eigenvalue weighted by molar-refractivity contribution is -0.145. The average molecular weight is 312 g/mol. The van der Waals surface area contributed by atoms with Crippen molar-refractivity contribution >= 4 is 5.97 Å². The summed E-state index contributed by atoms with van der Waals surface area (Å²) in [5, 5.41) is 9.83. The zero-order chi connectivity index (χ0) is 15.6. The van der Waals surface area contributed by atoms with Crippen LogP contribution in [-0.2, 0) is 9.53 Å². The molecule has 0 radical (unpaired) electrons. The van der Waals surface area contributed by atoms with Gasteiger partial charge in [-0.1, -0.05) is 28.2 Å². The molecule has 4 rings (SSSR count). The lowest BCUT2D eigenvalue weighted by Crippen LogP contribution is -2.48. The third kappa shape index (κ3) is 5.26. The van der Waals surface area contributed by atoms with Crippen molar-refractivity contribution in [2.45, 2.75) is 79.8 Å². The summed E-state index contributed by atoms with van der Waals surface area (Å²) in [5.41, 5.74) is 0.0479. The molecule has 4 aliphatic rings. The molecule has 4 aliphatic carbocycles. The minimum atomic E-state index is -0.102. The minimum Gasteiger partial charge on any atom is -0.466 e. The topological polar surface area (TPSA) is 46.5 Å². The minimum absolute atomic E-state index is 0. The molecular weight excluding hydrogens is 276 g/mol. The first-order chi connectivity index (χ1) is 9.78. The highest BCUT2D eigenvalue weighted by Crippen LogP contribution is 2.53. The second-order valence-corrected chi connectivity index (χ2v) is 8.46. The van der Waals surface area contributed by atoms with E-state index in [1.54, 1.807) is 0 Å². The first-order valence-electron chi connectivity index (χ1n) is 8.62. The van der Waals surface area contributed by atoms with Gasteiger partial charge in [-0.05, 0) is 68.1 Å². The van der Waals surface area contributed by atoms with E-state index in [1.807, 2.05) is 27.7 Å². The van der Waals surface area contributed by atoms with E-state index in [2.05, 4.69) is 0 Å². The van der Waals surface area contributed by atoms with E-state index in [0.717, 1.165) is 11.8 Å². The molecule has 4 saturated carbocycles. The van der Waals surface area contributed by atoms with Crippen molar-refractivity contribution in [2.75, 3.05) is 6.61 Å². The summed E-state index contributed by atoms with van der Waals surface area (Å²) in [4.78, 5) is 10.8. The monoisotopic (exact) mass is 312 g/mol. The number of aliphatic hydroxyl groups excluding tert-OH is 1. The van der Waals surface area contributed by atoms with Gasteiger partial charge in [0.2, 0.25) is 0 Å². The summed E-state index contributed by atoms with van der Waals surface area (Å²) in [6.07, 6.45) is 7.44. The Bertz CT molecular complexity index is 328. The van der Waals surface area contributed by atoms with Gasteiger partial charge < -0.3 is 9.84 Å². The zero-order valence-corrected chi connectivity index (χ0v) is 14.1. The van der Waals surface area contributed by atoms with Crippen LogP contribution in [-0.4, -0.2) is 23.8 Å². The Morgan fingerprint density at radius 2 is 1.50 bits per heavy atom. The maximum atomic E-state index is 10.8. The highest BCUT2D eigenvalue weighted by molar-refractivity contribution is 5.70. The molecule has 0 aromatic heterocycles. The predicted molar refractivity (Wildman–Crippen MR) is 90.5 cm³/mol. The molecule has 0 aliphatic heterocycles. The van der Waals surface area contributed by atoms with E-state index >= 15 is 0 Å². The third-order valence-electron chi connectivity index (χ3n) is 5.16. The molecule has 0 unspecified atom stereocenters. The fourth-order valence-electron chi connectivity index (χ4n) is 4.54. The highest BCUT2D eigenvalue weighted by Gasteiger charge is 2.47. The summed E-state index contributed by atoms with van der Waals surface area (Å²) in [5.74, 6) is 3.30. The molecule has 4 bridgehead atoms. The van der Waals surface area contributed by atoms with Crippen LogP contribution in [0.15, 0.2) is 0 Å². The highest BCUT2D eigenvalue weighted by atomic mass is 16.5.